The molecule has 2 heterocycles. The number of nitrogens with two attached hydrogens (primary N) is 1. The molecule has 0 unspecified atom stereocenters. The van der Waals surface area contributed by atoms with Gasteiger partial charge in [0.15, 0.2) is 0 Å². The van der Waals surface area contributed by atoms with E-state index in [2.05, 4.69) is 16.0 Å². The lowest BCUT2D eigenvalue weighted by atomic mass is 10.3. The minimum absolute atomic E-state index is 0. The Morgan fingerprint density at radius 3 is 2.56 bits per heavy atom. The van der Waals surface area contributed by atoms with Gasteiger partial charge in [0.05, 0.1) is 5.69 Å². The van der Waals surface area contributed by atoms with E-state index < -0.39 is 0 Å². The Hall–Kier alpha value is -0.0600. The van der Waals surface area contributed by atoms with Crippen molar-refractivity contribution < 1.29 is 0 Å². The van der Waals surface area contributed by atoms with Gasteiger partial charge in [-0.2, -0.15) is 0 Å². The lowest BCUT2D eigenvalue weighted by Crippen LogP contribution is -2.26. The normalized spacial score (nSPS) is 19.2. The number of aromatic nitrogens is 1. The van der Waals surface area contributed by atoms with Crippen LogP contribution in [0.5, 0.6) is 0 Å². The summed E-state index contributed by atoms with van der Waals surface area (Å²) in [6.45, 7) is 3.06. The molecular weight excluding hydrogens is 268 g/mol. The molecule has 0 radical (unpaired) electrons. The van der Waals surface area contributed by atoms with Gasteiger partial charge in [0, 0.05) is 31.9 Å². The van der Waals surface area contributed by atoms with Gasteiger partial charge in [0.25, 0.3) is 0 Å². The van der Waals surface area contributed by atoms with Crippen LogP contribution in [0.2, 0.25) is 0 Å². The van der Waals surface area contributed by atoms with Crippen LogP contribution in [0.4, 0.5) is 0 Å². The topological polar surface area (TPSA) is 42.1 Å². The number of nitrogens with zero attached hydrogens (tertiary/aromatic N) is 2. The average molecular weight is 287 g/mol. The van der Waals surface area contributed by atoms with Crippen LogP contribution in [0.15, 0.2) is 24.4 Å². The summed E-state index contributed by atoms with van der Waals surface area (Å²) in [4.78, 5) is 6.64. The molecule has 1 aliphatic heterocycles. The van der Waals surface area contributed by atoms with Crippen molar-refractivity contribution in [3.8, 4) is 0 Å². The highest BCUT2D eigenvalue weighted by Crippen LogP contribution is 2.10. The van der Waals surface area contributed by atoms with Gasteiger partial charge in [0.1, 0.15) is 0 Å². The van der Waals surface area contributed by atoms with E-state index >= 15 is 0 Å². The fourth-order valence-electron chi connectivity index (χ4n) is 1.73. The van der Waals surface area contributed by atoms with Gasteiger partial charge in [-0.05, 0) is 18.6 Å². The Kier molecular flexibility index (Phi) is 10.3. The summed E-state index contributed by atoms with van der Waals surface area (Å²) in [5, 5.41) is 0. The molecule has 0 spiro atoms. The quantitative estimate of drug-likeness (QED) is 0.903. The number of pyridine rings is 1. The minimum Gasteiger partial charge on any atom is -0.326 e. The molecule has 0 saturated carbocycles. The van der Waals surface area contributed by atoms with Gasteiger partial charge in [-0.3, -0.25) is 9.88 Å². The Balaban J connectivity index is 0. The second-order valence-electron chi connectivity index (χ2n) is 3.60. The third kappa shape index (κ3) is 5.32. The maximum Gasteiger partial charge on any atom is 0.0543 e. The Bertz CT molecular complexity index is 271. The minimum atomic E-state index is 0. The maximum atomic E-state index is 5.82. The largest absolute Gasteiger partial charge is 0.326 e. The SMILES string of the molecule is Cl.Cl.Cl.N[C@H]1CCN(Cc2ccccn2)C1. The second-order valence-corrected chi connectivity index (χ2v) is 3.60. The van der Waals surface area contributed by atoms with Crippen molar-refractivity contribution in [2.75, 3.05) is 13.1 Å². The molecule has 94 valence electrons. The Labute approximate surface area is 115 Å². The van der Waals surface area contributed by atoms with Gasteiger partial charge >= 0.3 is 0 Å². The maximum absolute atomic E-state index is 5.82. The van der Waals surface area contributed by atoms with Crippen molar-refractivity contribution in [1.29, 1.82) is 0 Å². The van der Waals surface area contributed by atoms with Gasteiger partial charge in [-0.25, -0.2) is 0 Å². The van der Waals surface area contributed by atoms with Crippen molar-refractivity contribution in [1.82, 2.24) is 9.88 Å². The lowest BCUT2D eigenvalue weighted by molar-refractivity contribution is 0.323. The highest BCUT2D eigenvalue weighted by molar-refractivity contribution is 5.86. The molecule has 16 heavy (non-hydrogen) atoms. The van der Waals surface area contributed by atoms with Crippen molar-refractivity contribution in [2.45, 2.75) is 19.0 Å². The molecule has 0 bridgehead atoms. The predicted molar refractivity (Wildman–Crippen MR) is 73.9 cm³/mol. The zero-order valence-corrected chi connectivity index (χ0v) is 11.4. The van der Waals surface area contributed by atoms with Crippen molar-refractivity contribution >= 4 is 37.2 Å². The van der Waals surface area contributed by atoms with Crippen LogP contribution in [-0.2, 0) is 6.54 Å². The molecule has 0 aliphatic carbocycles. The smallest absolute Gasteiger partial charge is 0.0543 e. The zero-order chi connectivity index (χ0) is 9.10. The van der Waals surface area contributed by atoms with Crippen molar-refractivity contribution in [3.05, 3.63) is 30.1 Å². The summed E-state index contributed by atoms with van der Waals surface area (Å²) in [6, 6.07) is 6.39. The Morgan fingerprint density at radius 2 is 2.06 bits per heavy atom. The number of hydrogen-bond donors (Lipinski definition) is 1. The number of halogens is 3. The number of likely N-dealkylation sites (tertiary alicyclic amines) is 1. The van der Waals surface area contributed by atoms with Crippen LogP contribution in [0.3, 0.4) is 0 Å². The number of rotatable bonds is 2. The fraction of sp³-hybridized carbons (Fsp3) is 0.500. The van der Waals surface area contributed by atoms with Crippen LogP contribution < -0.4 is 5.73 Å². The molecule has 1 atom stereocenters. The summed E-state index contributed by atoms with van der Waals surface area (Å²) < 4.78 is 0. The molecular formula is C10H18Cl3N3. The summed E-state index contributed by atoms with van der Waals surface area (Å²) in [5.74, 6) is 0. The highest BCUT2D eigenvalue weighted by Gasteiger charge is 2.18. The molecule has 3 nitrogen and oxygen atoms in total. The molecule has 1 fully saturated rings. The van der Waals surface area contributed by atoms with E-state index in [9.17, 15) is 0 Å². The van der Waals surface area contributed by atoms with E-state index in [1.807, 2.05) is 18.3 Å². The van der Waals surface area contributed by atoms with Gasteiger partial charge in [-0.1, -0.05) is 6.07 Å². The summed E-state index contributed by atoms with van der Waals surface area (Å²) in [5.41, 5.74) is 6.95. The van der Waals surface area contributed by atoms with Gasteiger partial charge < -0.3 is 5.73 Å². The summed E-state index contributed by atoms with van der Waals surface area (Å²) in [6.07, 6.45) is 2.96. The van der Waals surface area contributed by atoms with Gasteiger partial charge in [0.2, 0.25) is 0 Å². The third-order valence-electron chi connectivity index (χ3n) is 2.42. The first kappa shape index (κ1) is 18.3. The van der Waals surface area contributed by atoms with E-state index in [0.29, 0.717) is 6.04 Å². The fourth-order valence-corrected chi connectivity index (χ4v) is 1.73. The number of hydrogen-bond acceptors (Lipinski definition) is 3. The molecule has 6 heteroatoms. The van der Waals surface area contributed by atoms with Crippen LogP contribution >= 0.6 is 37.2 Å². The molecule has 0 amide bonds. The van der Waals surface area contributed by atoms with Crippen LogP contribution in [0.25, 0.3) is 0 Å². The monoisotopic (exact) mass is 285 g/mol. The molecule has 1 aliphatic rings. The van der Waals surface area contributed by atoms with Crippen molar-refractivity contribution in [2.24, 2.45) is 5.73 Å². The first-order chi connectivity index (χ1) is 6.34. The second kappa shape index (κ2) is 9.02. The predicted octanol–water partition coefficient (Wildman–Crippen LogP) is 1.88. The first-order valence-electron chi connectivity index (χ1n) is 4.72. The van der Waals surface area contributed by atoms with Crippen LogP contribution in [-0.4, -0.2) is 29.0 Å². The van der Waals surface area contributed by atoms with Crippen LogP contribution in [0.1, 0.15) is 12.1 Å². The highest BCUT2D eigenvalue weighted by atomic mass is 35.5. The molecule has 2 rings (SSSR count). The summed E-state index contributed by atoms with van der Waals surface area (Å²) >= 11 is 0. The molecule has 2 N–H and O–H groups in total. The molecule has 0 aromatic carbocycles. The van der Waals surface area contributed by atoms with Crippen LogP contribution in [0, 0.1) is 0 Å². The van der Waals surface area contributed by atoms with E-state index in [1.54, 1.807) is 0 Å². The zero-order valence-electron chi connectivity index (χ0n) is 8.91. The van der Waals surface area contributed by atoms with Gasteiger partial charge in [-0.15, -0.1) is 37.2 Å². The Morgan fingerprint density at radius 1 is 1.31 bits per heavy atom. The molecule has 1 aromatic rings. The third-order valence-corrected chi connectivity index (χ3v) is 2.42. The van der Waals surface area contributed by atoms with E-state index in [4.69, 9.17) is 5.73 Å². The van der Waals surface area contributed by atoms with E-state index in [1.165, 1.54) is 0 Å². The molecule has 1 saturated heterocycles. The standard InChI is InChI=1S/C10H15N3.3ClH/c11-9-4-6-13(7-9)8-10-3-1-2-5-12-10;;;/h1-3,5,9H,4,6-8,11H2;3*1H/t9-;;;/m0.../s1. The van der Waals surface area contributed by atoms with E-state index in [-0.39, 0.29) is 37.2 Å². The molecule has 1 aromatic heterocycles. The van der Waals surface area contributed by atoms with Crippen molar-refractivity contribution in [3.63, 3.8) is 0 Å². The first-order valence-corrected chi connectivity index (χ1v) is 4.72. The van der Waals surface area contributed by atoms with E-state index in [0.717, 1.165) is 31.7 Å². The summed E-state index contributed by atoms with van der Waals surface area (Å²) in [7, 11) is 0. The lowest BCUT2D eigenvalue weighted by Gasteiger charge is -2.13. The average Bonchev–Trinajstić information content (AvgIpc) is 2.53.